The van der Waals surface area contributed by atoms with Crippen molar-refractivity contribution in [2.24, 2.45) is 0 Å². The van der Waals surface area contributed by atoms with Crippen LogP contribution < -0.4 is 19.7 Å². The second kappa shape index (κ2) is 6.71. The van der Waals surface area contributed by atoms with E-state index in [1.807, 2.05) is 0 Å². The molecule has 4 rings (SSSR count). The average Bonchev–Trinajstić information content (AvgIpc) is 3.07. The molecule has 2 aliphatic heterocycles. The Kier molecular flexibility index (Phi) is 4.37. The second-order valence-corrected chi connectivity index (χ2v) is 6.95. The van der Waals surface area contributed by atoms with E-state index in [9.17, 15) is 14.4 Å². The molecule has 0 aliphatic carbocycles. The van der Waals surface area contributed by atoms with Crippen molar-refractivity contribution in [2.45, 2.75) is 0 Å². The molecule has 136 valence electrons. The molecule has 0 unspecified atom stereocenters. The fraction of sp³-hybridized carbons (Fsp3) is 0.0556. The van der Waals surface area contributed by atoms with Gasteiger partial charge in [-0.2, -0.15) is 0 Å². The average molecular weight is 450 g/mol. The molecule has 1 fully saturated rings. The van der Waals surface area contributed by atoms with Crippen LogP contribution in [-0.4, -0.2) is 24.6 Å². The SMILES string of the molecule is O=C1NC(=O)N(c2ccc(Cl)cc2)C(=O)/C1=C/c1cc2c(cc1Br)OCO2. The molecule has 4 amide bonds. The first kappa shape index (κ1) is 17.6. The number of fused-ring (bicyclic) bond motifs is 1. The van der Waals surface area contributed by atoms with Crippen LogP contribution in [0.25, 0.3) is 6.08 Å². The van der Waals surface area contributed by atoms with E-state index in [-0.39, 0.29) is 12.4 Å². The van der Waals surface area contributed by atoms with E-state index in [2.05, 4.69) is 21.2 Å². The van der Waals surface area contributed by atoms with Crippen molar-refractivity contribution < 1.29 is 23.9 Å². The molecule has 7 nitrogen and oxygen atoms in total. The number of ether oxygens (including phenoxy) is 2. The first-order chi connectivity index (χ1) is 12.9. The summed E-state index contributed by atoms with van der Waals surface area (Å²) in [4.78, 5) is 38.2. The van der Waals surface area contributed by atoms with E-state index >= 15 is 0 Å². The summed E-state index contributed by atoms with van der Waals surface area (Å²) in [5.41, 5.74) is 0.636. The molecule has 0 atom stereocenters. The second-order valence-electron chi connectivity index (χ2n) is 5.66. The first-order valence-electron chi connectivity index (χ1n) is 7.70. The molecule has 0 aromatic heterocycles. The third-order valence-electron chi connectivity index (χ3n) is 3.98. The lowest BCUT2D eigenvalue weighted by molar-refractivity contribution is -0.122. The zero-order valence-corrected chi connectivity index (χ0v) is 15.8. The molecule has 2 heterocycles. The lowest BCUT2D eigenvalue weighted by Gasteiger charge is -2.26. The van der Waals surface area contributed by atoms with Gasteiger partial charge in [0.2, 0.25) is 6.79 Å². The lowest BCUT2D eigenvalue weighted by atomic mass is 10.1. The van der Waals surface area contributed by atoms with Gasteiger partial charge in [0.05, 0.1) is 5.69 Å². The van der Waals surface area contributed by atoms with E-state index in [4.69, 9.17) is 21.1 Å². The maximum Gasteiger partial charge on any atom is 0.335 e. The molecular formula is C18H10BrClN2O5. The lowest BCUT2D eigenvalue weighted by Crippen LogP contribution is -2.54. The molecule has 0 bridgehead atoms. The number of hydrogen-bond donors (Lipinski definition) is 1. The molecule has 1 saturated heterocycles. The molecule has 2 aromatic rings. The summed E-state index contributed by atoms with van der Waals surface area (Å²) in [6.45, 7) is 0.0973. The number of urea groups is 1. The van der Waals surface area contributed by atoms with Crippen LogP contribution in [0.2, 0.25) is 5.02 Å². The van der Waals surface area contributed by atoms with E-state index in [1.165, 1.54) is 18.2 Å². The topological polar surface area (TPSA) is 84.9 Å². The standard InChI is InChI=1S/C18H10BrClN2O5/c19-13-7-15-14(26-8-27-15)6-9(13)5-12-16(23)21-18(25)22(17(12)24)11-3-1-10(20)2-4-11/h1-7H,8H2,(H,21,23,25)/b12-5+. The van der Waals surface area contributed by atoms with Gasteiger partial charge in [0.15, 0.2) is 11.5 Å². The summed E-state index contributed by atoms with van der Waals surface area (Å²) < 4.78 is 11.2. The quantitative estimate of drug-likeness (QED) is 0.560. The Bertz CT molecular complexity index is 1020. The van der Waals surface area contributed by atoms with E-state index in [0.717, 1.165) is 4.90 Å². The maximum absolute atomic E-state index is 12.9. The van der Waals surface area contributed by atoms with Gasteiger partial charge in [-0.15, -0.1) is 0 Å². The predicted molar refractivity (Wildman–Crippen MR) is 101 cm³/mol. The van der Waals surface area contributed by atoms with Gasteiger partial charge in [0.1, 0.15) is 5.57 Å². The van der Waals surface area contributed by atoms with Crippen molar-refractivity contribution in [1.82, 2.24) is 5.32 Å². The monoisotopic (exact) mass is 448 g/mol. The normalized spacial score (nSPS) is 17.5. The number of barbiturate groups is 1. The number of nitrogens with zero attached hydrogens (tertiary/aromatic N) is 1. The molecule has 1 N–H and O–H groups in total. The van der Waals surface area contributed by atoms with Crippen LogP contribution >= 0.6 is 27.5 Å². The number of amides is 4. The number of rotatable bonds is 2. The van der Waals surface area contributed by atoms with Crippen molar-refractivity contribution in [3.63, 3.8) is 0 Å². The van der Waals surface area contributed by atoms with Crippen LogP contribution in [0.4, 0.5) is 10.5 Å². The summed E-state index contributed by atoms with van der Waals surface area (Å²) in [7, 11) is 0. The van der Waals surface area contributed by atoms with E-state index in [1.54, 1.807) is 24.3 Å². The molecule has 2 aromatic carbocycles. The highest BCUT2D eigenvalue weighted by atomic mass is 79.9. The molecule has 0 saturated carbocycles. The molecule has 2 aliphatic rings. The number of hydrogen-bond acceptors (Lipinski definition) is 5. The van der Waals surface area contributed by atoms with Crippen molar-refractivity contribution in [3.8, 4) is 11.5 Å². The van der Waals surface area contributed by atoms with Crippen LogP contribution in [0.5, 0.6) is 11.5 Å². The van der Waals surface area contributed by atoms with Crippen molar-refractivity contribution in [1.29, 1.82) is 0 Å². The number of carbonyl (C=O) groups excluding carboxylic acids is 3. The summed E-state index contributed by atoms with van der Waals surface area (Å²) in [6.07, 6.45) is 1.39. The zero-order valence-electron chi connectivity index (χ0n) is 13.5. The minimum absolute atomic E-state index is 0.0973. The van der Waals surface area contributed by atoms with Crippen LogP contribution in [0, 0.1) is 0 Å². The molecular weight excluding hydrogens is 440 g/mol. The highest BCUT2D eigenvalue weighted by Crippen LogP contribution is 2.38. The maximum atomic E-state index is 12.9. The van der Waals surface area contributed by atoms with Crippen molar-refractivity contribution in [3.05, 3.63) is 57.0 Å². The Morgan fingerprint density at radius 1 is 1.07 bits per heavy atom. The zero-order chi connectivity index (χ0) is 19.1. The summed E-state index contributed by atoms with van der Waals surface area (Å²) in [5.74, 6) is -0.462. The van der Waals surface area contributed by atoms with Crippen molar-refractivity contribution in [2.75, 3.05) is 11.7 Å². The van der Waals surface area contributed by atoms with Gasteiger partial charge in [-0.1, -0.05) is 27.5 Å². The van der Waals surface area contributed by atoms with Crippen LogP contribution in [0.3, 0.4) is 0 Å². The largest absolute Gasteiger partial charge is 0.454 e. The fourth-order valence-electron chi connectivity index (χ4n) is 2.68. The minimum Gasteiger partial charge on any atom is -0.454 e. The Labute approximate surface area is 166 Å². The van der Waals surface area contributed by atoms with Gasteiger partial charge in [-0.05, 0) is 48.0 Å². The number of anilines is 1. The van der Waals surface area contributed by atoms with Gasteiger partial charge in [-0.25, -0.2) is 9.69 Å². The first-order valence-corrected chi connectivity index (χ1v) is 8.87. The van der Waals surface area contributed by atoms with Gasteiger partial charge in [0.25, 0.3) is 11.8 Å². The van der Waals surface area contributed by atoms with E-state index in [0.29, 0.717) is 32.2 Å². The Morgan fingerprint density at radius 3 is 2.44 bits per heavy atom. The van der Waals surface area contributed by atoms with E-state index < -0.39 is 17.8 Å². The van der Waals surface area contributed by atoms with Gasteiger partial charge in [-0.3, -0.25) is 14.9 Å². The third kappa shape index (κ3) is 3.17. The highest BCUT2D eigenvalue weighted by Gasteiger charge is 2.37. The molecule has 27 heavy (non-hydrogen) atoms. The smallest absolute Gasteiger partial charge is 0.335 e. The number of benzene rings is 2. The summed E-state index contributed by atoms with van der Waals surface area (Å²) in [6, 6.07) is 8.63. The van der Waals surface area contributed by atoms with Crippen molar-refractivity contribution >= 4 is 57.1 Å². The minimum atomic E-state index is -0.825. The number of halogens is 2. The molecule has 0 spiro atoms. The van der Waals surface area contributed by atoms with Crippen LogP contribution in [-0.2, 0) is 9.59 Å². The fourth-order valence-corrected chi connectivity index (χ4v) is 3.24. The van der Waals surface area contributed by atoms with Gasteiger partial charge in [0, 0.05) is 9.50 Å². The van der Waals surface area contributed by atoms with Crippen LogP contribution in [0.1, 0.15) is 5.56 Å². The third-order valence-corrected chi connectivity index (χ3v) is 4.92. The molecule has 0 radical (unpaired) electrons. The number of carbonyl (C=O) groups is 3. The number of imide groups is 2. The Morgan fingerprint density at radius 2 is 1.74 bits per heavy atom. The van der Waals surface area contributed by atoms with Gasteiger partial charge < -0.3 is 9.47 Å². The highest BCUT2D eigenvalue weighted by molar-refractivity contribution is 9.10. The van der Waals surface area contributed by atoms with Crippen LogP contribution in [0.15, 0.2) is 46.4 Å². The number of nitrogens with one attached hydrogen (secondary N) is 1. The summed E-state index contributed by atoms with van der Waals surface area (Å²) >= 11 is 9.23. The van der Waals surface area contributed by atoms with Gasteiger partial charge >= 0.3 is 6.03 Å². The Hall–Kier alpha value is -2.84. The molecule has 9 heteroatoms. The summed E-state index contributed by atoms with van der Waals surface area (Å²) in [5, 5.41) is 2.63. The Balaban J connectivity index is 1.75. The predicted octanol–water partition coefficient (Wildman–Crippen LogP) is 3.50.